The summed E-state index contributed by atoms with van der Waals surface area (Å²) in [5.41, 5.74) is 1.13. The monoisotopic (exact) mass is 264 g/mol. The smallest absolute Gasteiger partial charge is 0.174 e. The average molecular weight is 264 g/mol. The standard InChI is InChI=1S/C14H20N2O3/c1-11(16-10-14(17-2)18-3)12-4-6-13(7-5-12)19-9-8-15/h4-7,11,14,16H,9-10H2,1-3H3. The van der Waals surface area contributed by atoms with Crippen LogP contribution in [0.2, 0.25) is 0 Å². The first-order valence-corrected chi connectivity index (χ1v) is 6.10. The molecule has 0 amide bonds. The summed E-state index contributed by atoms with van der Waals surface area (Å²) in [4.78, 5) is 0. The number of nitriles is 1. The molecule has 0 aliphatic carbocycles. The van der Waals surface area contributed by atoms with E-state index in [9.17, 15) is 0 Å². The first-order valence-electron chi connectivity index (χ1n) is 6.10. The Balaban J connectivity index is 2.48. The van der Waals surface area contributed by atoms with Crippen molar-refractivity contribution in [1.82, 2.24) is 5.32 Å². The van der Waals surface area contributed by atoms with E-state index in [0.29, 0.717) is 12.3 Å². The average Bonchev–Trinajstić information content (AvgIpc) is 2.46. The quantitative estimate of drug-likeness (QED) is 0.726. The Labute approximate surface area is 114 Å². The molecule has 0 bridgehead atoms. The molecule has 5 nitrogen and oxygen atoms in total. The van der Waals surface area contributed by atoms with Crippen LogP contribution in [0.1, 0.15) is 18.5 Å². The zero-order valence-electron chi connectivity index (χ0n) is 11.6. The van der Waals surface area contributed by atoms with Crippen molar-refractivity contribution in [3.05, 3.63) is 29.8 Å². The molecular weight excluding hydrogens is 244 g/mol. The highest BCUT2D eigenvalue weighted by Gasteiger charge is 2.09. The fourth-order valence-electron chi connectivity index (χ4n) is 1.62. The maximum atomic E-state index is 8.43. The van der Waals surface area contributed by atoms with Crippen molar-refractivity contribution >= 4 is 0 Å². The van der Waals surface area contributed by atoms with Crippen LogP contribution >= 0.6 is 0 Å². The second-order valence-electron chi connectivity index (χ2n) is 4.05. The largest absolute Gasteiger partial charge is 0.479 e. The van der Waals surface area contributed by atoms with Crippen LogP contribution < -0.4 is 10.1 Å². The fourth-order valence-corrected chi connectivity index (χ4v) is 1.62. The number of nitrogens with zero attached hydrogens (tertiary/aromatic N) is 1. The topological polar surface area (TPSA) is 63.5 Å². The van der Waals surface area contributed by atoms with Crippen LogP contribution in [0.4, 0.5) is 0 Å². The number of benzene rings is 1. The van der Waals surface area contributed by atoms with Gasteiger partial charge in [-0.2, -0.15) is 5.26 Å². The summed E-state index contributed by atoms with van der Waals surface area (Å²) < 4.78 is 15.4. The van der Waals surface area contributed by atoms with Crippen LogP contribution in [0.3, 0.4) is 0 Å². The molecule has 0 aromatic heterocycles. The van der Waals surface area contributed by atoms with E-state index in [1.807, 2.05) is 30.3 Å². The minimum Gasteiger partial charge on any atom is -0.479 e. The summed E-state index contributed by atoms with van der Waals surface area (Å²) in [6, 6.07) is 9.77. The van der Waals surface area contributed by atoms with Gasteiger partial charge in [-0.05, 0) is 24.6 Å². The second-order valence-corrected chi connectivity index (χ2v) is 4.05. The second kappa shape index (κ2) is 8.48. The lowest BCUT2D eigenvalue weighted by atomic mass is 10.1. The molecule has 0 fully saturated rings. The Hall–Kier alpha value is -1.61. The van der Waals surface area contributed by atoms with E-state index in [4.69, 9.17) is 19.5 Å². The zero-order valence-corrected chi connectivity index (χ0v) is 11.6. The molecule has 1 rings (SSSR count). The number of hydrogen-bond donors (Lipinski definition) is 1. The van der Waals surface area contributed by atoms with E-state index in [0.717, 1.165) is 5.56 Å². The van der Waals surface area contributed by atoms with Gasteiger partial charge in [-0.25, -0.2) is 0 Å². The summed E-state index contributed by atoms with van der Waals surface area (Å²) in [6.45, 7) is 2.74. The lowest BCUT2D eigenvalue weighted by Crippen LogP contribution is -2.31. The van der Waals surface area contributed by atoms with Gasteiger partial charge in [0.2, 0.25) is 0 Å². The Morgan fingerprint density at radius 2 is 1.84 bits per heavy atom. The summed E-state index contributed by atoms with van der Waals surface area (Å²) >= 11 is 0. The number of nitrogens with one attached hydrogen (secondary N) is 1. The molecule has 0 radical (unpaired) electrons. The number of rotatable bonds is 8. The first kappa shape index (κ1) is 15.4. The van der Waals surface area contributed by atoms with Gasteiger partial charge in [0.25, 0.3) is 0 Å². The number of ether oxygens (including phenoxy) is 3. The van der Waals surface area contributed by atoms with E-state index in [1.54, 1.807) is 14.2 Å². The molecule has 0 spiro atoms. The third-order valence-corrected chi connectivity index (χ3v) is 2.80. The molecule has 5 heteroatoms. The number of methoxy groups -OCH3 is 2. The van der Waals surface area contributed by atoms with Crippen molar-refractivity contribution in [3.8, 4) is 11.8 Å². The van der Waals surface area contributed by atoms with E-state index >= 15 is 0 Å². The van der Waals surface area contributed by atoms with Crippen molar-refractivity contribution in [2.24, 2.45) is 0 Å². The van der Waals surface area contributed by atoms with Gasteiger partial charge < -0.3 is 19.5 Å². The van der Waals surface area contributed by atoms with E-state index in [-0.39, 0.29) is 18.9 Å². The minimum absolute atomic E-state index is 0.0660. The SMILES string of the molecule is COC(CNC(C)c1ccc(OCC#N)cc1)OC. The van der Waals surface area contributed by atoms with Crippen molar-refractivity contribution in [2.45, 2.75) is 19.3 Å². The fraction of sp³-hybridized carbons (Fsp3) is 0.500. The van der Waals surface area contributed by atoms with Gasteiger partial charge in [-0.1, -0.05) is 12.1 Å². The predicted octanol–water partition coefficient (Wildman–Crippen LogP) is 1.86. The normalized spacial score (nSPS) is 12.2. The molecule has 0 aliphatic heterocycles. The molecule has 104 valence electrons. The summed E-state index contributed by atoms with van der Waals surface area (Å²) in [7, 11) is 3.23. The van der Waals surface area contributed by atoms with Gasteiger partial charge in [-0.3, -0.25) is 0 Å². The van der Waals surface area contributed by atoms with E-state index in [2.05, 4.69) is 12.2 Å². The predicted molar refractivity (Wildman–Crippen MR) is 71.8 cm³/mol. The minimum atomic E-state index is -0.249. The molecule has 1 unspecified atom stereocenters. The van der Waals surface area contributed by atoms with Crippen LogP contribution in [0, 0.1) is 11.3 Å². The Bertz CT molecular complexity index is 396. The molecule has 19 heavy (non-hydrogen) atoms. The van der Waals surface area contributed by atoms with Crippen LogP contribution in [0.25, 0.3) is 0 Å². The third kappa shape index (κ3) is 5.26. The lowest BCUT2D eigenvalue weighted by Gasteiger charge is -2.19. The summed E-state index contributed by atoms with van der Waals surface area (Å²) in [5, 5.41) is 11.8. The Morgan fingerprint density at radius 1 is 1.21 bits per heavy atom. The van der Waals surface area contributed by atoms with Gasteiger partial charge in [0, 0.05) is 26.8 Å². The molecule has 1 atom stereocenters. The molecular formula is C14H20N2O3. The Kier molecular flexibility index (Phi) is 6.90. The molecule has 1 N–H and O–H groups in total. The molecule has 1 aromatic carbocycles. The van der Waals surface area contributed by atoms with Gasteiger partial charge in [0.1, 0.15) is 11.8 Å². The van der Waals surface area contributed by atoms with Crippen LogP contribution in [0.15, 0.2) is 24.3 Å². The molecule has 0 saturated heterocycles. The lowest BCUT2D eigenvalue weighted by molar-refractivity contribution is -0.0997. The van der Waals surface area contributed by atoms with E-state index in [1.165, 1.54) is 0 Å². The van der Waals surface area contributed by atoms with E-state index < -0.39 is 0 Å². The number of hydrogen-bond acceptors (Lipinski definition) is 5. The molecule has 0 saturated carbocycles. The molecule has 0 heterocycles. The third-order valence-electron chi connectivity index (χ3n) is 2.80. The zero-order chi connectivity index (χ0) is 14.1. The van der Waals surface area contributed by atoms with Gasteiger partial charge in [0.05, 0.1) is 0 Å². The van der Waals surface area contributed by atoms with Gasteiger partial charge in [0.15, 0.2) is 12.9 Å². The van der Waals surface area contributed by atoms with Crippen molar-refractivity contribution in [3.63, 3.8) is 0 Å². The van der Waals surface area contributed by atoms with Crippen molar-refractivity contribution < 1.29 is 14.2 Å². The van der Waals surface area contributed by atoms with Crippen LogP contribution in [-0.2, 0) is 9.47 Å². The first-order chi connectivity index (χ1) is 9.21. The van der Waals surface area contributed by atoms with Crippen molar-refractivity contribution in [2.75, 3.05) is 27.4 Å². The van der Waals surface area contributed by atoms with Gasteiger partial charge in [-0.15, -0.1) is 0 Å². The summed E-state index contributed by atoms with van der Waals surface area (Å²) in [5.74, 6) is 0.698. The highest BCUT2D eigenvalue weighted by atomic mass is 16.7. The van der Waals surface area contributed by atoms with Crippen LogP contribution in [0.5, 0.6) is 5.75 Å². The Morgan fingerprint density at radius 3 is 2.37 bits per heavy atom. The van der Waals surface area contributed by atoms with Gasteiger partial charge >= 0.3 is 0 Å². The van der Waals surface area contributed by atoms with Crippen LogP contribution in [-0.4, -0.2) is 33.7 Å². The maximum Gasteiger partial charge on any atom is 0.174 e. The molecule has 1 aromatic rings. The highest BCUT2D eigenvalue weighted by molar-refractivity contribution is 5.29. The maximum absolute atomic E-state index is 8.43. The van der Waals surface area contributed by atoms with Crippen molar-refractivity contribution in [1.29, 1.82) is 5.26 Å². The summed E-state index contributed by atoms with van der Waals surface area (Å²) in [6.07, 6.45) is -0.249. The molecule has 0 aliphatic rings. The highest BCUT2D eigenvalue weighted by Crippen LogP contribution is 2.17.